The third-order valence-corrected chi connectivity index (χ3v) is 5.86. The number of hydrogen-bond donors (Lipinski definition) is 3. The number of carboxylic acids is 2. The zero-order chi connectivity index (χ0) is 25.2. The number of carboxylic acid groups (broad SMARTS) is 2. The van der Waals surface area contributed by atoms with Crippen LogP contribution in [0.25, 0.3) is 33.2 Å². The molecule has 0 unspecified atom stereocenters. The van der Waals surface area contributed by atoms with E-state index in [1.165, 1.54) is 0 Å². The Kier molecular flexibility index (Phi) is 5.87. The molecule has 3 aromatic carbocycles. The lowest BCUT2D eigenvalue weighted by Gasteiger charge is -2.18. The van der Waals surface area contributed by atoms with E-state index in [9.17, 15) is 14.4 Å². The van der Waals surface area contributed by atoms with Gasteiger partial charge in [0, 0.05) is 39.5 Å². The highest BCUT2D eigenvalue weighted by atomic mass is 16.4. The molecule has 0 spiro atoms. The Morgan fingerprint density at radius 1 is 0.861 bits per heavy atom. The van der Waals surface area contributed by atoms with Gasteiger partial charge in [-0.05, 0) is 47.2 Å². The number of fused-ring (bicyclic) bond motifs is 3. The van der Waals surface area contributed by atoms with Crippen LogP contribution in [0.4, 0.5) is 0 Å². The van der Waals surface area contributed by atoms with Crippen molar-refractivity contribution in [3.8, 4) is 11.4 Å². The van der Waals surface area contributed by atoms with Crippen molar-refractivity contribution in [2.75, 3.05) is 13.1 Å². The van der Waals surface area contributed by atoms with Crippen LogP contribution in [0, 0.1) is 0 Å². The highest BCUT2D eigenvalue weighted by Crippen LogP contribution is 2.32. The van der Waals surface area contributed by atoms with Gasteiger partial charge >= 0.3 is 11.9 Å². The molecule has 36 heavy (non-hydrogen) atoms. The Balaban J connectivity index is 1.47. The van der Waals surface area contributed by atoms with Crippen molar-refractivity contribution in [3.05, 3.63) is 77.9 Å². The van der Waals surface area contributed by atoms with Gasteiger partial charge in [-0.15, -0.1) is 10.2 Å². The number of aliphatic carboxylic acids is 2. The van der Waals surface area contributed by atoms with E-state index in [-0.39, 0.29) is 5.56 Å². The third-order valence-electron chi connectivity index (χ3n) is 5.86. The van der Waals surface area contributed by atoms with Crippen molar-refractivity contribution in [1.29, 1.82) is 0 Å². The van der Waals surface area contributed by atoms with Crippen LogP contribution in [0.1, 0.15) is 15.9 Å². The van der Waals surface area contributed by atoms with Crippen molar-refractivity contribution in [3.63, 3.8) is 0 Å². The Morgan fingerprint density at radius 3 is 2.22 bits per heavy atom. The summed E-state index contributed by atoms with van der Waals surface area (Å²) in [5.41, 5.74) is 4.02. The van der Waals surface area contributed by atoms with Gasteiger partial charge in [-0.25, -0.2) is 0 Å². The number of tetrazole rings is 1. The number of H-pyrrole nitrogens is 1. The van der Waals surface area contributed by atoms with Crippen molar-refractivity contribution < 1.29 is 24.6 Å². The van der Waals surface area contributed by atoms with Crippen LogP contribution in [0.5, 0.6) is 0 Å². The molecule has 5 rings (SSSR count). The lowest BCUT2D eigenvalue weighted by molar-refractivity contribution is -0.140. The Hall–Kier alpha value is -5.06. The van der Waals surface area contributed by atoms with Crippen LogP contribution in [0.15, 0.2) is 66.7 Å². The molecule has 11 heteroatoms. The molecule has 0 aliphatic rings. The number of carbonyl (C=O) groups is 3. The van der Waals surface area contributed by atoms with Gasteiger partial charge in [-0.1, -0.05) is 30.3 Å². The summed E-state index contributed by atoms with van der Waals surface area (Å²) in [5, 5.41) is 34.4. The quantitative estimate of drug-likeness (QED) is 0.304. The molecule has 3 N–H and O–H groups in total. The molecule has 0 fully saturated rings. The van der Waals surface area contributed by atoms with Crippen LogP contribution >= 0.6 is 0 Å². The predicted octanol–water partition coefficient (Wildman–Crippen LogP) is 2.63. The van der Waals surface area contributed by atoms with Crippen molar-refractivity contribution in [2.24, 2.45) is 0 Å². The first kappa shape index (κ1) is 22.7. The van der Waals surface area contributed by atoms with E-state index in [1.807, 2.05) is 36.4 Å². The van der Waals surface area contributed by atoms with E-state index < -0.39 is 30.9 Å². The summed E-state index contributed by atoms with van der Waals surface area (Å²) < 4.78 is 2.17. The minimum Gasteiger partial charge on any atom is -0.480 e. The van der Waals surface area contributed by atoms with Gasteiger partial charge < -0.3 is 19.7 Å². The number of amides is 1. The lowest BCUT2D eigenvalue weighted by atomic mass is 10.1. The fourth-order valence-corrected chi connectivity index (χ4v) is 4.29. The molecule has 2 aromatic heterocycles. The summed E-state index contributed by atoms with van der Waals surface area (Å²) in [6, 6.07) is 20.7. The van der Waals surface area contributed by atoms with Gasteiger partial charge in [0.25, 0.3) is 5.91 Å². The summed E-state index contributed by atoms with van der Waals surface area (Å²) in [5.74, 6) is -2.71. The summed E-state index contributed by atoms with van der Waals surface area (Å²) in [4.78, 5) is 35.6. The topological polar surface area (TPSA) is 154 Å². The molecule has 2 heterocycles. The highest BCUT2D eigenvalue weighted by molar-refractivity contribution is 6.09. The Bertz CT molecular complexity index is 1580. The predicted molar refractivity (Wildman–Crippen MR) is 129 cm³/mol. The number of nitrogens with one attached hydrogen (secondary N) is 1. The van der Waals surface area contributed by atoms with E-state index in [0.29, 0.717) is 12.4 Å². The summed E-state index contributed by atoms with van der Waals surface area (Å²) in [6.45, 7) is -0.867. The Labute approximate surface area is 203 Å². The number of carbonyl (C=O) groups excluding carboxylic acids is 1. The fourth-order valence-electron chi connectivity index (χ4n) is 4.29. The first-order valence-corrected chi connectivity index (χ1v) is 11.0. The van der Waals surface area contributed by atoms with E-state index >= 15 is 0 Å². The van der Waals surface area contributed by atoms with Gasteiger partial charge in [-0.2, -0.15) is 5.21 Å². The minimum atomic E-state index is -1.28. The zero-order valence-electron chi connectivity index (χ0n) is 18.8. The molecule has 0 atom stereocenters. The number of hydrogen-bond acceptors (Lipinski definition) is 6. The number of benzene rings is 3. The maximum absolute atomic E-state index is 12.7. The largest absolute Gasteiger partial charge is 0.480 e. The summed E-state index contributed by atoms with van der Waals surface area (Å²) in [7, 11) is 0. The average Bonchev–Trinajstić information content (AvgIpc) is 3.50. The number of aromatic nitrogens is 5. The van der Waals surface area contributed by atoms with Crippen molar-refractivity contribution >= 4 is 39.7 Å². The van der Waals surface area contributed by atoms with Gasteiger partial charge in [-0.3, -0.25) is 14.4 Å². The van der Waals surface area contributed by atoms with Gasteiger partial charge in [0.15, 0.2) is 0 Å². The van der Waals surface area contributed by atoms with E-state index in [1.54, 1.807) is 24.3 Å². The molecular formula is C25H20N6O5. The van der Waals surface area contributed by atoms with Gasteiger partial charge in [0.05, 0.1) is 0 Å². The van der Waals surface area contributed by atoms with E-state index in [2.05, 4.69) is 31.3 Å². The number of aromatic amines is 1. The van der Waals surface area contributed by atoms with E-state index in [4.69, 9.17) is 10.2 Å². The van der Waals surface area contributed by atoms with Gasteiger partial charge in [0.2, 0.25) is 5.82 Å². The molecule has 180 valence electrons. The standard InChI is InChI=1S/C25H20N6O5/c32-22(33)13-30(14-23(34)35)25(36)16-7-5-15(6-8-16)12-31-20-4-2-1-3-18(20)19-11-17(9-10-21(19)31)24-26-28-29-27-24/h1-11H,12-14H2,(H,32,33)(H,34,35)(H,26,27,28,29). The normalized spacial score (nSPS) is 11.1. The summed E-state index contributed by atoms with van der Waals surface area (Å²) in [6.07, 6.45) is 0. The SMILES string of the molecule is O=C(O)CN(CC(=O)O)C(=O)c1ccc(Cn2c3ccccc3c3cc(-c4nn[nH]n4)ccc32)cc1. The first-order chi connectivity index (χ1) is 17.4. The first-order valence-electron chi connectivity index (χ1n) is 11.0. The average molecular weight is 484 g/mol. The zero-order valence-corrected chi connectivity index (χ0v) is 18.8. The van der Waals surface area contributed by atoms with Crippen LogP contribution < -0.4 is 0 Å². The maximum atomic E-state index is 12.7. The van der Waals surface area contributed by atoms with Crippen molar-refractivity contribution in [2.45, 2.75) is 6.54 Å². The molecule has 0 radical (unpaired) electrons. The molecular weight excluding hydrogens is 464 g/mol. The van der Waals surface area contributed by atoms with Crippen LogP contribution in [0.3, 0.4) is 0 Å². The molecule has 5 aromatic rings. The second-order valence-electron chi connectivity index (χ2n) is 8.22. The lowest BCUT2D eigenvalue weighted by Crippen LogP contribution is -2.39. The third kappa shape index (κ3) is 4.37. The number of rotatable bonds is 8. The van der Waals surface area contributed by atoms with Crippen LogP contribution in [-0.4, -0.2) is 71.2 Å². The molecule has 0 saturated heterocycles. The molecule has 0 bridgehead atoms. The monoisotopic (exact) mass is 484 g/mol. The van der Waals surface area contributed by atoms with Crippen LogP contribution in [0.2, 0.25) is 0 Å². The second kappa shape index (κ2) is 9.29. The maximum Gasteiger partial charge on any atom is 0.323 e. The number of para-hydroxylation sites is 1. The van der Waals surface area contributed by atoms with Crippen molar-refractivity contribution in [1.82, 2.24) is 30.1 Å². The van der Waals surface area contributed by atoms with E-state index in [0.717, 1.165) is 37.8 Å². The molecule has 0 aliphatic heterocycles. The number of nitrogens with zero attached hydrogens (tertiary/aromatic N) is 5. The highest BCUT2D eigenvalue weighted by Gasteiger charge is 2.21. The Morgan fingerprint density at radius 2 is 1.56 bits per heavy atom. The fraction of sp³-hybridized carbons (Fsp3) is 0.120. The van der Waals surface area contributed by atoms with Gasteiger partial charge in [0.1, 0.15) is 13.1 Å². The molecule has 0 aliphatic carbocycles. The molecule has 0 saturated carbocycles. The smallest absolute Gasteiger partial charge is 0.323 e. The summed E-state index contributed by atoms with van der Waals surface area (Å²) >= 11 is 0. The second-order valence-corrected chi connectivity index (χ2v) is 8.22. The molecule has 1 amide bonds. The minimum absolute atomic E-state index is 0.216. The van der Waals surface area contributed by atoms with Crippen LogP contribution in [-0.2, 0) is 16.1 Å². The molecule has 11 nitrogen and oxygen atoms in total.